The average molecular weight is 273 g/mol. The molecule has 0 saturated heterocycles. The van der Waals surface area contributed by atoms with Crippen molar-refractivity contribution in [3.8, 4) is 0 Å². The summed E-state index contributed by atoms with van der Waals surface area (Å²) >= 11 is 0. The molecule has 102 valence electrons. The zero-order valence-electron chi connectivity index (χ0n) is 10.4. The molecule has 8 nitrogen and oxygen atoms in total. The van der Waals surface area contributed by atoms with Crippen LogP contribution in [0.1, 0.15) is 5.76 Å². The van der Waals surface area contributed by atoms with Gasteiger partial charge in [0.15, 0.2) is 0 Å². The van der Waals surface area contributed by atoms with E-state index in [9.17, 15) is 9.59 Å². The number of rotatable bonds is 4. The van der Waals surface area contributed by atoms with Crippen LogP contribution in [0.15, 0.2) is 46.1 Å². The molecule has 0 spiro atoms. The second-order valence-electron chi connectivity index (χ2n) is 4.09. The first-order valence-corrected chi connectivity index (χ1v) is 5.93. The number of carbonyl (C=O) groups excluding carboxylic acids is 1. The van der Waals surface area contributed by atoms with Gasteiger partial charge in [-0.25, -0.2) is 18.9 Å². The Balaban J connectivity index is 1.71. The van der Waals surface area contributed by atoms with Gasteiger partial charge in [-0.15, -0.1) is 5.10 Å². The number of nitrogens with one attached hydrogen (secondary N) is 1. The normalized spacial score (nSPS) is 10.8. The van der Waals surface area contributed by atoms with Gasteiger partial charge in [0.25, 0.3) is 5.78 Å². The summed E-state index contributed by atoms with van der Waals surface area (Å²) in [4.78, 5) is 27.6. The van der Waals surface area contributed by atoms with Gasteiger partial charge in [-0.05, 0) is 18.2 Å². The molecule has 3 rings (SSSR count). The summed E-state index contributed by atoms with van der Waals surface area (Å²) in [5.74, 6) is 0.575. The molecule has 0 aliphatic heterocycles. The van der Waals surface area contributed by atoms with Crippen LogP contribution < -0.4 is 11.0 Å². The third-order valence-electron chi connectivity index (χ3n) is 2.70. The molecule has 1 amide bonds. The number of fused-ring (bicyclic) bond motifs is 1. The van der Waals surface area contributed by atoms with Crippen LogP contribution >= 0.6 is 0 Å². The number of aromatic nitrogens is 4. The fourth-order valence-electron chi connectivity index (χ4n) is 1.76. The third-order valence-corrected chi connectivity index (χ3v) is 2.70. The summed E-state index contributed by atoms with van der Waals surface area (Å²) < 4.78 is 7.44. The van der Waals surface area contributed by atoms with Gasteiger partial charge >= 0.3 is 5.69 Å². The van der Waals surface area contributed by atoms with Gasteiger partial charge in [0.2, 0.25) is 5.91 Å². The van der Waals surface area contributed by atoms with Gasteiger partial charge in [0.1, 0.15) is 12.3 Å². The van der Waals surface area contributed by atoms with Crippen LogP contribution in [0.4, 0.5) is 0 Å². The first-order chi connectivity index (χ1) is 9.74. The highest BCUT2D eigenvalue weighted by atomic mass is 16.3. The number of nitrogens with zero attached hydrogens (tertiary/aromatic N) is 4. The fraction of sp³-hybridized carbons (Fsp3) is 0.167. The zero-order valence-corrected chi connectivity index (χ0v) is 10.4. The van der Waals surface area contributed by atoms with Crippen molar-refractivity contribution < 1.29 is 9.21 Å². The van der Waals surface area contributed by atoms with E-state index in [1.54, 1.807) is 24.4 Å². The van der Waals surface area contributed by atoms with Gasteiger partial charge in [0.05, 0.1) is 12.8 Å². The van der Waals surface area contributed by atoms with Gasteiger partial charge in [0, 0.05) is 12.4 Å². The lowest BCUT2D eigenvalue weighted by atomic mass is 10.4. The van der Waals surface area contributed by atoms with Gasteiger partial charge in [-0.1, -0.05) is 0 Å². The molecule has 0 atom stereocenters. The molecule has 0 fully saturated rings. The van der Waals surface area contributed by atoms with Crippen molar-refractivity contribution in [1.82, 2.24) is 24.5 Å². The van der Waals surface area contributed by atoms with Crippen LogP contribution in [0.5, 0.6) is 0 Å². The van der Waals surface area contributed by atoms with Crippen LogP contribution in [0.2, 0.25) is 0 Å². The molecule has 3 aromatic rings. The Bertz CT molecular complexity index is 787. The summed E-state index contributed by atoms with van der Waals surface area (Å²) in [5, 5.41) is 6.61. The third kappa shape index (κ3) is 2.30. The van der Waals surface area contributed by atoms with Crippen LogP contribution in [0, 0.1) is 0 Å². The summed E-state index contributed by atoms with van der Waals surface area (Å²) in [6.45, 7) is 0.106. The van der Waals surface area contributed by atoms with Crippen molar-refractivity contribution in [1.29, 1.82) is 0 Å². The van der Waals surface area contributed by atoms with E-state index in [-0.39, 0.29) is 24.8 Å². The maximum atomic E-state index is 11.9. The lowest BCUT2D eigenvalue weighted by molar-refractivity contribution is -0.122. The van der Waals surface area contributed by atoms with Crippen LogP contribution in [0.25, 0.3) is 5.78 Å². The lowest BCUT2D eigenvalue weighted by Gasteiger charge is -2.01. The van der Waals surface area contributed by atoms with Crippen molar-refractivity contribution in [2.45, 2.75) is 13.1 Å². The molecule has 0 aliphatic rings. The van der Waals surface area contributed by atoms with Crippen molar-refractivity contribution in [3.63, 3.8) is 0 Å². The molecule has 1 N–H and O–H groups in total. The molecular formula is C12H11N5O3. The number of hydrogen-bond donors (Lipinski definition) is 1. The van der Waals surface area contributed by atoms with E-state index in [1.807, 2.05) is 0 Å². The number of carbonyl (C=O) groups is 1. The first kappa shape index (κ1) is 12.2. The number of hydrogen-bond acceptors (Lipinski definition) is 5. The molecule has 0 unspecified atom stereocenters. The Morgan fingerprint density at radius 2 is 2.30 bits per heavy atom. The monoisotopic (exact) mass is 273 g/mol. The maximum Gasteiger partial charge on any atom is 0.352 e. The van der Waals surface area contributed by atoms with E-state index >= 15 is 0 Å². The molecule has 20 heavy (non-hydrogen) atoms. The Morgan fingerprint density at radius 1 is 1.40 bits per heavy atom. The summed E-state index contributed by atoms with van der Waals surface area (Å²) in [6, 6.07) is 5.11. The topological polar surface area (TPSA) is 94.4 Å². The minimum atomic E-state index is -0.402. The lowest BCUT2D eigenvalue weighted by Crippen LogP contribution is -2.32. The highest BCUT2D eigenvalue weighted by Crippen LogP contribution is 1.98. The number of furan rings is 1. The molecule has 0 radical (unpaired) electrons. The summed E-state index contributed by atoms with van der Waals surface area (Å²) in [6.07, 6.45) is 4.61. The smallest absolute Gasteiger partial charge is 0.352 e. The van der Waals surface area contributed by atoms with Crippen LogP contribution in [-0.2, 0) is 17.9 Å². The van der Waals surface area contributed by atoms with Gasteiger partial charge in [-0.2, -0.15) is 0 Å². The van der Waals surface area contributed by atoms with E-state index in [1.165, 1.54) is 16.9 Å². The summed E-state index contributed by atoms with van der Waals surface area (Å²) in [7, 11) is 0. The van der Waals surface area contributed by atoms with E-state index < -0.39 is 5.69 Å². The minimum absolute atomic E-state index is 0.164. The van der Waals surface area contributed by atoms with Crippen molar-refractivity contribution in [3.05, 3.63) is 53.1 Å². The molecule has 0 saturated carbocycles. The highest BCUT2D eigenvalue weighted by molar-refractivity contribution is 5.75. The van der Waals surface area contributed by atoms with E-state index in [4.69, 9.17) is 4.42 Å². The maximum absolute atomic E-state index is 11.9. The van der Waals surface area contributed by atoms with E-state index in [2.05, 4.69) is 15.4 Å². The van der Waals surface area contributed by atoms with Gasteiger partial charge < -0.3 is 9.73 Å². The van der Waals surface area contributed by atoms with Gasteiger partial charge in [-0.3, -0.25) is 4.79 Å². The van der Waals surface area contributed by atoms with Crippen LogP contribution in [0.3, 0.4) is 0 Å². The molecule has 0 aliphatic carbocycles. The van der Waals surface area contributed by atoms with E-state index in [0.29, 0.717) is 5.76 Å². The Hall–Kier alpha value is -2.90. The Labute approximate surface area is 112 Å². The molecule has 8 heteroatoms. The van der Waals surface area contributed by atoms with Crippen LogP contribution in [-0.4, -0.2) is 25.1 Å². The second-order valence-corrected chi connectivity index (χ2v) is 4.09. The molecule has 3 aromatic heterocycles. The standard InChI is InChI=1S/C12H11N5O3/c18-10(14-7-9-3-1-6-20-9)8-17-12(19)16-5-2-4-13-11(16)15-17/h1-6H,7-8H2,(H,14,18). The average Bonchev–Trinajstić information content (AvgIpc) is 3.07. The SMILES string of the molecule is O=C(Cn1nc2ncccn2c1=O)NCc1ccco1. The van der Waals surface area contributed by atoms with Crippen molar-refractivity contribution >= 4 is 11.7 Å². The predicted molar refractivity (Wildman–Crippen MR) is 67.8 cm³/mol. The molecule has 0 aromatic carbocycles. The van der Waals surface area contributed by atoms with Crippen molar-refractivity contribution in [2.75, 3.05) is 0 Å². The highest BCUT2D eigenvalue weighted by Gasteiger charge is 2.11. The molecule has 0 bridgehead atoms. The summed E-state index contributed by atoms with van der Waals surface area (Å²) in [5.41, 5.74) is -0.402. The van der Waals surface area contributed by atoms with E-state index in [0.717, 1.165) is 4.68 Å². The predicted octanol–water partition coefficient (Wildman–Crippen LogP) is -0.200. The van der Waals surface area contributed by atoms with Crippen molar-refractivity contribution in [2.24, 2.45) is 0 Å². The Kier molecular flexibility index (Phi) is 3.04. The Morgan fingerprint density at radius 3 is 3.05 bits per heavy atom. The molecular weight excluding hydrogens is 262 g/mol. The fourth-order valence-corrected chi connectivity index (χ4v) is 1.76. The molecule has 3 heterocycles. The quantitative estimate of drug-likeness (QED) is 0.710. The number of amides is 1. The zero-order chi connectivity index (χ0) is 13.9. The second kappa shape index (κ2) is 5.00. The largest absolute Gasteiger partial charge is 0.467 e. The first-order valence-electron chi connectivity index (χ1n) is 5.93. The minimum Gasteiger partial charge on any atom is -0.467 e.